The van der Waals surface area contributed by atoms with Gasteiger partial charge in [0.15, 0.2) is 11.5 Å². The first-order valence-electron chi connectivity index (χ1n) is 11.8. The third-order valence-electron chi connectivity index (χ3n) is 6.27. The Hall–Kier alpha value is -2.84. The van der Waals surface area contributed by atoms with Crippen molar-refractivity contribution in [2.45, 2.75) is 44.8 Å². The van der Waals surface area contributed by atoms with Gasteiger partial charge in [-0.1, -0.05) is 12.1 Å². The molecule has 0 radical (unpaired) electrons. The van der Waals surface area contributed by atoms with Crippen LogP contribution in [0.5, 0.6) is 0 Å². The number of hydrogen-bond donors (Lipinski definition) is 2. The van der Waals surface area contributed by atoms with Crippen molar-refractivity contribution in [2.24, 2.45) is 5.92 Å². The van der Waals surface area contributed by atoms with Crippen LogP contribution in [0.3, 0.4) is 0 Å². The van der Waals surface area contributed by atoms with Crippen LogP contribution < -0.4 is 15.9 Å². The molecule has 1 aromatic carbocycles. The van der Waals surface area contributed by atoms with Gasteiger partial charge in [-0.15, -0.1) is 0 Å². The van der Waals surface area contributed by atoms with Gasteiger partial charge in [0.2, 0.25) is 5.91 Å². The highest BCUT2D eigenvalue weighted by Gasteiger charge is 2.32. The summed E-state index contributed by atoms with van der Waals surface area (Å²) in [6, 6.07) is 8.74. The molecule has 2 N–H and O–H groups in total. The smallest absolute Gasteiger partial charge is 0.295 e. The molecule has 3 heterocycles. The van der Waals surface area contributed by atoms with Crippen molar-refractivity contribution in [3.8, 4) is 0 Å². The maximum absolute atomic E-state index is 14.1. The van der Waals surface area contributed by atoms with Gasteiger partial charge >= 0.3 is 0 Å². The predicted octanol–water partition coefficient (Wildman–Crippen LogP) is 5.41. The number of alkyl halides is 2. The van der Waals surface area contributed by atoms with Crippen molar-refractivity contribution in [1.82, 2.24) is 14.5 Å². The third kappa shape index (κ3) is 4.95. The van der Waals surface area contributed by atoms with Crippen molar-refractivity contribution in [2.75, 3.05) is 30.6 Å². The maximum atomic E-state index is 14.1. The molecular weight excluding hydrogens is 475 g/mol. The molecule has 1 saturated heterocycles. The van der Waals surface area contributed by atoms with Crippen LogP contribution in [-0.4, -0.2) is 40.4 Å². The largest absolute Gasteiger partial charge is 0.358 e. The van der Waals surface area contributed by atoms with Gasteiger partial charge in [0, 0.05) is 29.6 Å². The quantitative estimate of drug-likeness (QED) is 0.419. The molecule has 1 saturated carbocycles. The molecule has 1 unspecified atom stereocenters. The number of nitrogens with one attached hydrogen (secondary N) is 2. The van der Waals surface area contributed by atoms with Crippen LogP contribution in [0, 0.1) is 5.92 Å². The molecular formula is C24H28F2N5O3P. The van der Waals surface area contributed by atoms with E-state index in [4.69, 9.17) is 4.74 Å². The van der Waals surface area contributed by atoms with Gasteiger partial charge in [0.25, 0.3) is 6.43 Å². The highest BCUT2D eigenvalue weighted by Crippen LogP contribution is 2.40. The number of halogens is 2. The van der Waals surface area contributed by atoms with Crippen molar-refractivity contribution >= 4 is 46.7 Å². The van der Waals surface area contributed by atoms with Gasteiger partial charge in [-0.05, 0) is 57.6 Å². The molecule has 2 fully saturated rings. The molecule has 2 aliphatic rings. The van der Waals surface area contributed by atoms with Crippen LogP contribution in [0.1, 0.15) is 50.6 Å². The van der Waals surface area contributed by atoms with E-state index in [0.717, 1.165) is 25.7 Å². The number of rotatable bonds is 7. The summed E-state index contributed by atoms with van der Waals surface area (Å²) in [5.41, 5.74) is 1.40. The summed E-state index contributed by atoms with van der Waals surface area (Å²) < 4.78 is 48.3. The molecule has 3 aromatic rings. The van der Waals surface area contributed by atoms with E-state index in [1.54, 1.807) is 43.7 Å². The summed E-state index contributed by atoms with van der Waals surface area (Å²) in [5.74, 6) is -0.399. The number of ether oxygens (including phenoxy) is 1. The Kier molecular flexibility index (Phi) is 6.36. The first-order chi connectivity index (χ1) is 16.7. The number of aromatic nitrogens is 3. The number of benzene rings is 1. The summed E-state index contributed by atoms with van der Waals surface area (Å²) >= 11 is 0. The minimum Gasteiger partial charge on any atom is -0.358 e. The monoisotopic (exact) mass is 503 g/mol. The Morgan fingerprint density at radius 3 is 2.57 bits per heavy atom. The lowest BCUT2D eigenvalue weighted by molar-refractivity contribution is -0.117. The maximum Gasteiger partial charge on any atom is 0.295 e. The number of hydrogen-bond acceptors (Lipinski definition) is 6. The molecule has 8 nitrogen and oxygen atoms in total. The number of fused-ring (bicyclic) bond motifs is 1. The van der Waals surface area contributed by atoms with E-state index in [9.17, 15) is 18.1 Å². The second-order valence-electron chi connectivity index (χ2n) is 9.45. The van der Waals surface area contributed by atoms with E-state index in [0.29, 0.717) is 29.7 Å². The van der Waals surface area contributed by atoms with Crippen LogP contribution in [-0.2, 0) is 14.1 Å². The molecule has 1 aliphatic carbocycles. The van der Waals surface area contributed by atoms with Crippen LogP contribution >= 0.6 is 7.14 Å². The van der Waals surface area contributed by atoms with Crippen molar-refractivity contribution in [1.29, 1.82) is 0 Å². The van der Waals surface area contributed by atoms with Crippen LogP contribution in [0.25, 0.3) is 11.2 Å². The third-order valence-corrected chi connectivity index (χ3v) is 7.82. The van der Waals surface area contributed by atoms with Crippen molar-refractivity contribution in [3.05, 3.63) is 36.2 Å². The SMILES string of the molecule is CP(C)(=O)c1ccccc1Nc1cc(NC(=O)C2CC2)nc2c1nc(C(F)F)n2C1CCCCO1. The summed E-state index contributed by atoms with van der Waals surface area (Å²) in [6.45, 7) is 3.80. The van der Waals surface area contributed by atoms with Gasteiger partial charge in [-0.25, -0.2) is 18.7 Å². The average molecular weight is 503 g/mol. The highest BCUT2D eigenvalue weighted by molar-refractivity contribution is 7.70. The molecule has 186 valence electrons. The number of imidazole rings is 1. The highest BCUT2D eigenvalue weighted by atomic mass is 31.2. The fourth-order valence-electron chi connectivity index (χ4n) is 4.37. The zero-order valence-corrected chi connectivity index (χ0v) is 20.5. The summed E-state index contributed by atoms with van der Waals surface area (Å²) in [7, 11) is -2.65. The van der Waals surface area contributed by atoms with Crippen molar-refractivity contribution < 1.29 is 22.9 Å². The molecule has 5 rings (SSSR count). The molecule has 35 heavy (non-hydrogen) atoms. The topological polar surface area (TPSA) is 98.1 Å². The first-order valence-corrected chi connectivity index (χ1v) is 14.4. The number of anilines is 3. The fraction of sp³-hybridized carbons (Fsp3) is 0.458. The fourth-order valence-corrected chi connectivity index (χ4v) is 5.53. The van der Waals surface area contributed by atoms with E-state index in [1.165, 1.54) is 4.57 Å². The molecule has 0 spiro atoms. The summed E-state index contributed by atoms with van der Waals surface area (Å²) in [4.78, 5) is 21.3. The summed E-state index contributed by atoms with van der Waals surface area (Å²) in [6.07, 6.45) is 0.437. The number of amides is 1. The lowest BCUT2D eigenvalue weighted by Crippen LogP contribution is -2.21. The van der Waals surface area contributed by atoms with E-state index >= 15 is 0 Å². The van der Waals surface area contributed by atoms with Gasteiger partial charge in [-0.2, -0.15) is 0 Å². The van der Waals surface area contributed by atoms with Crippen LogP contribution in [0.2, 0.25) is 0 Å². The van der Waals surface area contributed by atoms with Crippen molar-refractivity contribution in [3.63, 3.8) is 0 Å². The molecule has 1 aliphatic heterocycles. The Balaban J connectivity index is 1.67. The first kappa shape index (κ1) is 23.9. The number of para-hydroxylation sites is 1. The molecule has 2 aromatic heterocycles. The minimum atomic E-state index is -2.84. The number of carbonyl (C=O) groups excluding carboxylic acids is 1. The minimum absolute atomic E-state index is 0.0566. The zero-order valence-electron chi connectivity index (χ0n) is 19.6. The number of carbonyl (C=O) groups is 1. The Bertz CT molecular complexity index is 1310. The van der Waals surface area contributed by atoms with E-state index in [2.05, 4.69) is 20.6 Å². The Labute approximate surface area is 201 Å². The summed E-state index contributed by atoms with van der Waals surface area (Å²) in [5, 5.41) is 6.68. The second kappa shape index (κ2) is 9.32. The van der Waals surface area contributed by atoms with Gasteiger partial charge in [-0.3, -0.25) is 9.36 Å². The number of nitrogens with zero attached hydrogens (tertiary/aromatic N) is 3. The van der Waals surface area contributed by atoms with E-state index < -0.39 is 25.6 Å². The molecule has 0 bridgehead atoms. The molecule has 11 heteroatoms. The van der Waals surface area contributed by atoms with Crippen LogP contribution in [0.15, 0.2) is 30.3 Å². The van der Waals surface area contributed by atoms with Crippen LogP contribution in [0.4, 0.5) is 26.0 Å². The zero-order chi connectivity index (χ0) is 24.7. The number of pyridine rings is 1. The average Bonchev–Trinajstić information content (AvgIpc) is 3.60. The standard InChI is InChI=1S/C24H28F2N5O3P/c1-35(2,33)17-8-4-3-7-15(17)27-16-13-18(29-24(32)14-10-11-14)28-22-20(16)30-23(21(25)26)31(22)19-9-5-6-12-34-19/h3-4,7-8,13-14,19,21H,5-6,9-12H2,1-2H3,(H2,27,28,29,32). The van der Waals surface area contributed by atoms with Gasteiger partial charge < -0.3 is 19.9 Å². The molecule has 1 atom stereocenters. The van der Waals surface area contributed by atoms with E-state index in [-0.39, 0.29) is 28.8 Å². The second-order valence-corrected chi connectivity index (χ2v) is 12.6. The molecule has 1 amide bonds. The van der Waals surface area contributed by atoms with Gasteiger partial charge in [0.05, 0.1) is 5.69 Å². The normalized spacial score (nSPS) is 18.7. The lowest BCUT2D eigenvalue weighted by Gasteiger charge is -2.25. The van der Waals surface area contributed by atoms with E-state index in [1.807, 2.05) is 0 Å². The Morgan fingerprint density at radius 1 is 1.14 bits per heavy atom. The lowest BCUT2D eigenvalue weighted by atomic mass is 10.2. The predicted molar refractivity (Wildman–Crippen MR) is 131 cm³/mol. The van der Waals surface area contributed by atoms with Gasteiger partial charge in [0.1, 0.15) is 24.7 Å². The Morgan fingerprint density at radius 2 is 1.91 bits per heavy atom.